The molecule has 0 atom stereocenters. The summed E-state index contributed by atoms with van der Waals surface area (Å²) in [6.45, 7) is 0. The zero-order chi connectivity index (χ0) is 19.6. The third kappa shape index (κ3) is 4.71. The molecule has 0 spiro atoms. The summed E-state index contributed by atoms with van der Waals surface area (Å²) in [7, 11) is 3.87. The molecule has 0 aromatic heterocycles. The van der Waals surface area contributed by atoms with Crippen molar-refractivity contribution < 1.29 is 18.0 Å². The van der Waals surface area contributed by atoms with Crippen LogP contribution in [-0.2, 0) is 11.0 Å². The highest BCUT2D eigenvalue weighted by Gasteiger charge is 2.30. The predicted molar refractivity (Wildman–Crippen MR) is 103 cm³/mol. The van der Waals surface area contributed by atoms with Crippen LogP contribution in [0.5, 0.6) is 0 Å². The number of alkyl halides is 3. The molecule has 0 saturated carbocycles. The first-order valence-corrected chi connectivity index (χ1v) is 8.78. The van der Waals surface area contributed by atoms with Crippen molar-refractivity contribution in [3.8, 4) is 0 Å². The number of carbonyl (C=O) groups excluding carboxylic acids is 1. The Kier molecular flexibility index (Phi) is 5.27. The van der Waals surface area contributed by atoms with Crippen molar-refractivity contribution in [3.05, 3.63) is 64.6 Å². The fraction of sp³-hybridized carbons (Fsp3) is 0.158. The predicted octanol–water partition coefficient (Wildman–Crippen LogP) is 4.66. The van der Waals surface area contributed by atoms with E-state index >= 15 is 0 Å². The van der Waals surface area contributed by atoms with E-state index < -0.39 is 11.7 Å². The second-order valence-corrected chi connectivity index (χ2v) is 7.05. The maximum Gasteiger partial charge on any atom is 0.416 e. The smallest absolute Gasteiger partial charge is 0.378 e. The molecule has 2 aromatic carbocycles. The zero-order valence-electron chi connectivity index (χ0n) is 14.5. The van der Waals surface area contributed by atoms with Gasteiger partial charge in [-0.2, -0.15) is 13.2 Å². The van der Waals surface area contributed by atoms with Crippen LogP contribution in [0, 0.1) is 0 Å². The average Bonchev–Trinajstić information content (AvgIpc) is 2.94. The fourth-order valence-corrected chi connectivity index (χ4v) is 3.21. The molecule has 0 aliphatic carbocycles. The van der Waals surface area contributed by atoms with Crippen LogP contribution in [-0.4, -0.2) is 25.2 Å². The molecule has 3 rings (SSSR count). The van der Waals surface area contributed by atoms with Gasteiger partial charge in [0.2, 0.25) is 0 Å². The summed E-state index contributed by atoms with van der Waals surface area (Å²) in [5, 5.41) is 2.82. The van der Waals surface area contributed by atoms with Crippen molar-refractivity contribution in [2.45, 2.75) is 6.18 Å². The number of carbonyl (C=O) groups is 1. The van der Waals surface area contributed by atoms with E-state index in [1.54, 1.807) is 6.08 Å². The molecule has 2 aromatic rings. The SMILES string of the molecule is CN(C)c1ccc(C=C2SC(=Nc3cccc(C(F)(F)F)c3)NC2=O)cc1. The summed E-state index contributed by atoms with van der Waals surface area (Å²) in [4.78, 5) is 18.6. The van der Waals surface area contributed by atoms with Crippen LogP contribution in [0.15, 0.2) is 58.4 Å². The molecule has 0 unspecified atom stereocenters. The third-order valence-corrected chi connectivity index (χ3v) is 4.67. The van der Waals surface area contributed by atoms with Crippen LogP contribution in [0.4, 0.5) is 24.5 Å². The molecule has 1 N–H and O–H groups in total. The number of aliphatic imine (C=N–C) groups is 1. The van der Waals surface area contributed by atoms with E-state index in [9.17, 15) is 18.0 Å². The minimum absolute atomic E-state index is 0.129. The maximum atomic E-state index is 12.8. The van der Waals surface area contributed by atoms with Gasteiger partial charge >= 0.3 is 6.18 Å². The Morgan fingerprint density at radius 1 is 1.11 bits per heavy atom. The number of nitrogens with zero attached hydrogens (tertiary/aromatic N) is 2. The molecule has 1 aliphatic rings. The summed E-state index contributed by atoms with van der Waals surface area (Å²) in [6.07, 6.45) is -2.72. The standard InChI is InChI=1S/C19H16F3N3OS/c1-25(2)15-8-6-12(7-9-15)10-16-17(26)24-18(27-16)23-14-5-3-4-13(11-14)19(20,21)22/h3-11H,1-2H3,(H,23,24,26). The van der Waals surface area contributed by atoms with Crippen molar-refractivity contribution in [1.82, 2.24) is 5.32 Å². The van der Waals surface area contributed by atoms with Crippen molar-refractivity contribution in [3.63, 3.8) is 0 Å². The van der Waals surface area contributed by atoms with Crippen molar-refractivity contribution in [2.24, 2.45) is 4.99 Å². The Morgan fingerprint density at radius 2 is 1.81 bits per heavy atom. The Bertz CT molecular complexity index is 919. The lowest BCUT2D eigenvalue weighted by atomic mass is 10.2. The molecule has 140 valence electrons. The van der Waals surface area contributed by atoms with E-state index in [0.717, 1.165) is 35.1 Å². The molecular formula is C19H16F3N3OS. The highest BCUT2D eigenvalue weighted by molar-refractivity contribution is 8.18. The minimum Gasteiger partial charge on any atom is -0.378 e. The Labute approximate surface area is 158 Å². The monoisotopic (exact) mass is 391 g/mol. The van der Waals surface area contributed by atoms with Crippen molar-refractivity contribution >= 4 is 40.3 Å². The molecule has 27 heavy (non-hydrogen) atoms. The third-order valence-electron chi connectivity index (χ3n) is 3.76. The Morgan fingerprint density at radius 3 is 2.44 bits per heavy atom. The molecular weight excluding hydrogens is 375 g/mol. The highest BCUT2D eigenvalue weighted by atomic mass is 32.2. The van der Waals surface area contributed by atoms with E-state index in [1.165, 1.54) is 12.1 Å². The first-order valence-electron chi connectivity index (χ1n) is 7.96. The first-order chi connectivity index (χ1) is 12.7. The lowest BCUT2D eigenvalue weighted by Gasteiger charge is -2.11. The number of rotatable bonds is 3. The molecule has 4 nitrogen and oxygen atoms in total. The maximum absolute atomic E-state index is 12.8. The van der Waals surface area contributed by atoms with Gasteiger partial charge in [0.05, 0.1) is 16.2 Å². The lowest BCUT2D eigenvalue weighted by molar-refractivity contribution is -0.137. The van der Waals surface area contributed by atoms with E-state index in [2.05, 4.69) is 10.3 Å². The highest BCUT2D eigenvalue weighted by Crippen LogP contribution is 2.33. The summed E-state index contributed by atoms with van der Waals surface area (Å²) in [5.74, 6) is -0.331. The van der Waals surface area contributed by atoms with Gasteiger partial charge in [0.15, 0.2) is 5.17 Å². The molecule has 0 radical (unpaired) electrons. The summed E-state index contributed by atoms with van der Waals surface area (Å²) in [5.41, 5.74) is 1.23. The Balaban J connectivity index is 1.80. The summed E-state index contributed by atoms with van der Waals surface area (Å²) < 4.78 is 38.4. The topological polar surface area (TPSA) is 44.7 Å². The number of thioether (sulfide) groups is 1. The van der Waals surface area contributed by atoms with Gasteiger partial charge in [0.1, 0.15) is 0 Å². The molecule has 1 aliphatic heterocycles. The van der Waals surface area contributed by atoms with E-state index in [1.807, 2.05) is 43.3 Å². The number of halogens is 3. The van der Waals surface area contributed by atoms with Crippen LogP contribution in [0.2, 0.25) is 0 Å². The van der Waals surface area contributed by atoms with Gasteiger partial charge in [-0.05, 0) is 53.7 Å². The number of nitrogens with one attached hydrogen (secondary N) is 1. The number of anilines is 1. The summed E-state index contributed by atoms with van der Waals surface area (Å²) in [6, 6.07) is 12.3. The van der Waals surface area contributed by atoms with Crippen LogP contribution in [0.1, 0.15) is 11.1 Å². The van der Waals surface area contributed by atoms with Gasteiger partial charge < -0.3 is 10.2 Å². The van der Waals surface area contributed by atoms with E-state index in [4.69, 9.17) is 0 Å². The first kappa shape index (κ1) is 19.0. The summed E-state index contributed by atoms with van der Waals surface area (Å²) >= 11 is 1.09. The number of hydrogen-bond donors (Lipinski definition) is 1. The van der Waals surface area contributed by atoms with Crippen LogP contribution in [0.3, 0.4) is 0 Å². The van der Waals surface area contributed by atoms with Gasteiger partial charge in [-0.3, -0.25) is 4.79 Å². The molecule has 1 heterocycles. The van der Waals surface area contributed by atoms with E-state index in [0.29, 0.717) is 4.91 Å². The number of hydrogen-bond acceptors (Lipinski definition) is 4. The molecule has 8 heteroatoms. The minimum atomic E-state index is -4.44. The Hall–Kier alpha value is -2.74. The van der Waals surface area contributed by atoms with Crippen LogP contribution >= 0.6 is 11.8 Å². The van der Waals surface area contributed by atoms with Crippen LogP contribution < -0.4 is 10.2 Å². The van der Waals surface area contributed by atoms with E-state index in [-0.39, 0.29) is 16.8 Å². The average molecular weight is 391 g/mol. The quantitative estimate of drug-likeness (QED) is 0.774. The molecule has 0 bridgehead atoms. The number of amidine groups is 1. The van der Waals surface area contributed by atoms with Gasteiger partial charge in [0.25, 0.3) is 5.91 Å². The van der Waals surface area contributed by atoms with Crippen molar-refractivity contribution in [2.75, 3.05) is 19.0 Å². The van der Waals surface area contributed by atoms with Crippen LogP contribution in [0.25, 0.3) is 6.08 Å². The molecule has 1 saturated heterocycles. The second kappa shape index (κ2) is 7.48. The molecule has 1 fully saturated rings. The van der Waals surface area contributed by atoms with Gasteiger partial charge in [-0.15, -0.1) is 0 Å². The van der Waals surface area contributed by atoms with Gasteiger partial charge in [-0.25, -0.2) is 4.99 Å². The van der Waals surface area contributed by atoms with Crippen molar-refractivity contribution in [1.29, 1.82) is 0 Å². The fourth-order valence-electron chi connectivity index (χ4n) is 2.37. The zero-order valence-corrected chi connectivity index (χ0v) is 15.4. The molecule has 1 amide bonds. The largest absolute Gasteiger partial charge is 0.416 e. The lowest BCUT2D eigenvalue weighted by Crippen LogP contribution is -2.19. The number of benzene rings is 2. The normalized spacial score (nSPS) is 17.4. The number of amides is 1. The van der Waals surface area contributed by atoms with Gasteiger partial charge in [0, 0.05) is 19.8 Å². The van der Waals surface area contributed by atoms with Gasteiger partial charge in [-0.1, -0.05) is 18.2 Å². The second-order valence-electron chi connectivity index (χ2n) is 6.02.